The Morgan fingerprint density at radius 1 is 1.16 bits per heavy atom. The molecule has 3 rings (SSSR count). The predicted molar refractivity (Wildman–Crippen MR) is 96.5 cm³/mol. The number of ether oxygens (including phenoxy) is 1. The number of benzene rings is 1. The van der Waals surface area contributed by atoms with Gasteiger partial charge in [-0.1, -0.05) is 29.8 Å². The molecule has 0 aliphatic rings. The van der Waals surface area contributed by atoms with E-state index in [1.54, 1.807) is 24.4 Å². The second kappa shape index (κ2) is 7.32. The summed E-state index contributed by atoms with van der Waals surface area (Å²) < 4.78 is 4.66. The van der Waals surface area contributed by atoms with Crippen LogP contribution >= 0.6 is 11.6 Å². The third-order valence-corrected chi connectivity index (χ3v) is 4.04. The van der Waals surface area contributed by atoms with E-state index in [0.717, 1.165) is 11.1 Å². The van der Waals surface area contributed by atoms with E-state index in [9.17, 15) is 9.59 Å². The molecule has 6 heteroatoms. The lowest BCUT2D eigenvalue weighted by Crippen LogP contribution is -2.07. The fraction of sp³-hybridized carbons (Fsp3) is 0.105. The molecule has 1 aromatic carbocycles. The zero-order chi connectivity index (χ0) is 17.8. The number of halogens is 1. The monoisotopic (exact) mass is 354 g/mol. The summed E-state index contributed by atoms with van der Waals surface area (Å²) in [6.45, 7) is 0. The number of aromatic nitrogens is 2. The molecule has 126 valence electrons. The van der Waals surface area contributed by atoms with Gasteiger partial charge in [-0.15, -0.1) is 0 Å². The summed E-state index contributed by atoms with van der Waals surface area (Å²) in [7, 11) is 1.33. The fourth-order valence-corrected chi connectivity index (χ4v) is 2.75. The second-order valence-electron chi connectivity index (χ2n) is 5.42. The number of nitrogens with one attached hydrogen (secondary N) is 1. The molecule has 3 aromatic rings. The standard InChI is InChI=1S/C19H15ClN2O3/c1-25-19(24)11-14-8-12(6-7-21-14)13-9-17(22-18(23)10-13)15-4-2-3-5-16(15)20/h2-10H,11H2,1H3,(H,22,23). The van der Waals surface area contributed by atoms with Gasteiger partial charge in [0.25, 0.3) is 0 Å². The lowest BCUT2D eigenvalue weighted by atomic mass is 10.0. The highest BCUT2D eigenvalue weighted by molar-refractivity contribution is 6.33. The van der Waals surface area contributed by atoms with Gasteiger partial charge in [0, 0.05) is 22.8 Å². The molecule has 5 nitrogen and oxygen atoms in total. The van der Waals surface area contributed by atoms with Crippen LogP contribution in [0.5, 0.6) is 0 Å². The van der Waals surface area contributed by atoms with Gasteiger partial charge in [-0.05, 0) is 35.4 Å². The summed E-state index contributed by atoms with van der Waals surface area (Å²) in [5.41, 5.74) is 3.20. The molecule has 0 spiro atoms. The van der Waals surface area contributed by atoms with E-state index in [1.807, 2.05) is 24.3 Å². The lowest BCUT2D eigenvalue weighted by Gasteiger charge is -2.08. The number of hydrogen-bond acceptors (Lipinski definition) is 4. The largest absolute Gasteiger partial charge is 0.469 e. The van der Waals surface area contributed by atoms with E-state index >= 15 is 0 Å². The SMILES string of the molecule is COC(=O)Cc1cc(-c2cc(-c3ccccc3Cl)[nH]c(=O)c2)ccn1. The molecular formula is C19H15ClN2O3. The molecule has 0 aliphatic carbocycles. The van der Waals surface area contributed by atoms with Crippen LogP contribution in [0.2, 0.25) is 5.02 Å². The predicted octanol–water partition coefficient (Wildman–Crippen LogP) is 3.47. The van der Waals surface area contributed by atoms with Crippen LogP contribution in [0.3, 0.4) is 0 Å². The van der Waals surface area contributed by atoms with Crippen LogP contribution < -0.4 is 5.56 Å². The van der Waals surface area contributed by atoms with Crippen LogP contribution in [-0.2, 0) is 16.0 Å². The van der Waals surface area contributed by atoms with Crippen LogP contribution in [0.4, 0.5) is 0 Å². The molecule has 25 heavy (non-hydrogen) atoms. The van der Waals surface area contributed by atoms with E-state index in [1.165, 1.54) is 13.2 Å². The van der Waals surface area contributed by atoms with Crippen molar-refractivity contribution < 1.29 is 9.53 Å². The average molecular weight is 355 g/mol. The molecule has 1 N–H and O–H groups in total. The number of aromatic amines is 1. The highest BCUT2D eigenvalue weighted by Crippen LogP contribution is 2.28. The molecule has 0 atom stereocenters. The van der Waals surface area contributed by atoms with Crippen molar-refractivity contribution in [3.63, 3.8) is 0 Å². The highest BCUT2D eigenvalue weighted by atomic mass is 35.5. The maximum atomic E-state index is 12.1. The minimum Gasteiger partial charge on any atom is -0.469 e. The molecule has 2 heterocycles. The van der Waals surface area contributed by atoms with Crippen molar-refractivity contribution in [1.29, 1.82) is 0 Å². The zero-order valence-corrected chi connectivity index (χ0v) is 14.2. The molecule has 2 aromatic heterocycles. The first-order valence-electron chi connectivity index (χ1n) is 7.58. The number of rotatable bonds is 4. The Hall–Kier alpha value is -2.92. The quantitative estimate of drug-likeness (QED) is 0.728. The fourth-order valence-electron chi connectivity index (χ4n) is 2.51. The Morgan fingerprint density at radius 3 is 2.72 bits per heavy atom. The summed E-state index contributed by atoms with van der Waals surface area (Å²) in [5, 5.41) is 0.552. The molecule has 0 saturated heterocycles. The number of carbonyl (C=O) groups is 1. The third-order valence-electron chi connectivity index (χ3n) is 3.71. The molecular weight excluding hydrogens is 340 g/mol. The first kappa shape index (κ1) is 16.9. The smallest absolute Gasteiger partial charge is 0.311 e. The van der Waals surface area contributed by atoms with Gasteiger partial charge in [0.05, 0.1) is 24.9 Å². The molecule has 0 fully saturated rings. The normalized spacial score (nSPS) is 10.5. The van der Waals surface area contributed by atoms with Gasteiger partial charge >= 0.3 is 5.97 Å². The van der Waals surface area contributed by atoms with Gasteiger partial charge in [-0.3, -0.25) is 14.6 Å². The first-order chi connectivity index (χ1) is 12.1. The summed E-state index contributed by atoms with van der Waals surface area (Å²) >= 11 is 6.22. The van der Waals surface area contributed by atoms with E-state index in [4.69, 9.17) is 11.6 Å². The molecule has 0 aliphatic heterocycles. The van der Waals surface area contributed by atoms with Crippen molar-refractivity contribution in [2.24, 2.45) is 0 Å². The Kier molecular flexibility index (Phi) is 4.95. The van der Waals surface area contributed by atoms with Crippen molar-refractivity contribution in [1.82, 2.24) is 9.97 Å². The minimum absolute atomic E-state index is 0.0743. The Morgan fingerprint density at radius 2 is 1.96 bits per heavy atom. The van der Waals surface area contributed by atoms with E-state index in [2.05, 4.69) is 14.7 Å². The number of hydrogen-bond donors (Lipinski definition) is 1. The van der Waals surface area contributed by atoms with Crippen LogP contribution in [0.1, 0.15) is 5.69 Å². The van der Waals surface area contributed by atoms with Gasteiger partial charge in [0.15, 0.2) is 0 Å². The summed E-state index contributed by atoms with van der Waals surface area (Å²) in [4.78, 5) is 30.5. The van der Waals surface area contributed by atoms with Gasteiger partial charge in [-0.2, -0.15) is 0 Å². The maximum Gasteiger partial charge on any atom is 0.311 e. The number of nitrogens with zero attached hydrogens (tertiary/aromatic N) is 1. The van der Waals surface area contributed by atoms with Gasteiger partial charge in [0.2, 0.25) is 5.56 Å². The maximum absolute atomic E-state index is 12.1. The summed E-state index contributed by atoms with van der Waals surface area (Å²) in [5.74, 6) is -0.368. The van der Waals surface area contributed by atoms with Crippen molar-refractivity contribution in [2.45, 2.75) is 6.42 Å². The lowest BCUT2D eigenvalue weighted by molar-refractivity contribution is -0.139. The Balaban J connectivity index is 2.04. The number of methoxy groups -OCH3 is 1. The molecule has 0 bridgehead atoms. The number of pyridine rings is 2. The summed E-state index contributed by atoms with van der Waals surface area (Å²) in [6.07, 6.45) is 1.68. The van der Waals surface area contributed by atoms with Crippen LogP contribution in [0, 0.1) is 0 Å². The van der Waals surface area contributed by atoms with Crippen molar-refractivity contribution in [3.8, 4) is 22.4 Å². The molecule has 0 saturated carbocycles. The highest BCUT2D eigenvalue weighted by Gasteiger charge is 2.09. The van der Waals surface area contributed by atoms with Gasteiger partial charge in [-0.25, -0.2) is 0 Å². The average Bonchev–Trinajstić information content (AvgIpc) is 2.61. The summed E-state index contributed by atoms with van der Waals surface area (Å²) in [6, 6.07) is 14.2. The minimum atomic E-state index is -0.368. The van der Waals surface area contributed by atoms with Crippen LogP contribution in [-0.4, -0.2) is 23.0 Å². The van der Waals surface area contributed by atoms with Gasteiger partial charge < -0.3 is 9.72 Å². The van der Waals surface area contributed by atoms with E-state index < -0.39 is 0 Å². The van der Waals surface area contributed by atoms with E-state index in [-0.39, 0.29) is 17.9 Å². The number of carbonyl (C=O) groups excluding carboxylic acids is 1. The van der Waals surface area contributed by atoms with E-state index in [0.29, 0.717) is 22.0 Å². The van der Waals surface area contributed by atoms with Crippen molar-refractivity contribution in [2.75, 3.05) is 7.11 Å². The number of esters is 1. The number of H-pyrrole nitrogens is 1. The topological polar surface area (TPSA) is 72.1 Å². The molecule has 0 amide bonds. The second-order valence-corrected chi connectivity index (χ2v) is 5.82. The third kappa shape index (κ3) is 3.95. The zero-order valence-electron chi connectivity index (χ0n) is 13.5. The Labute approximate surface area is 149 Å². The van der Waals surface area contributed by atoms with Crippen molar-refractivity contribution >= 4 is 17.6 Å². The van der Waals surface area contributed by atoms with Crippen LogP contribution in [0.15, 0.2) is 59.5 Å². The van der Waals surface area contributed by atoms with Crippen LogP contribution in [0.25, 0.3) is 22.4 Å². The molecule has 0 radical (unpaired) electrons. The van der Waals surface area contributed by atoms with Gasteiger partial charge in [0.1, 0.15) is 0 Å². The molecule has 0 unspecified atom stereocenters. The van der Waals surface area contributed by atoms with Crippen molar-refractivity contribution in [3.05, 3.63) is 75.8 Å². The Bertz CT molecular complexity index is 982. The first-order valence-corrected chi connectivity index (χ1v) is 7.96.